The second kappa shape index (κ2) is 5.40. The number of rotatable bonds is 3. The largest absolute Gasteiger partial charge is 0.496 e. The van der Waals surface area contributed by atoms with Crippen molar-refractivity contribution < 1.29 is 14.6 Å². The number of carboxylic acids is 1. The molecule has 1 fully saturated rings. The molecule has 1 aromatic carbocycles. The van der Waals surface area contributed by atoms with Crippen molar-refractivity contribution in [2.75, 3.05) is 27.2 Å². The summed E-state index contributed by atoms with van der Waals surface area (Å²) in [5.41, 5.74) is 1.42. The van der Waals surface area contributed by atoms with Crippen molar-refractivity contribution in [3.63, 3.8) is 0 Å². The Morgan fingerprint density at radius 2 is 2.06 bits per heavy atom. The minimum absolute atomic E-state index is 0.281. The van der Waals surface area contributed by atoms with Crippen LogP contribution < -0.4 is 4.74 Å². The van der Waals surface area contributed by atoms with Crippen molar-refractivity contribution in [2.24, 2.45) is 0 Å². The molecule has 0 radical (unpaired) electrons. The molecule has 4 nitrogen and oxygen atoms in total. The maximum Gasteiger partial charge on any atom is 0.335 e. The minimum Gasteiger partial charge on any atom is -0.496 e. The molecule has 0 bridgehead atoms. The number of nitrogens with zero attached hydrogens (tertiary/aromatic N) is 1. The lowest BCUT2D eigenvalue weighted by Gasteiger charge is -2.30. The first-order valence-corrected chi connectivity index (χ1v) is 6.21. The van der Waals surface area contributed by atoms with E-state index in [0.29, 0.717) is 11.7 Å². The van der Waals surface area contributed by atoms with Crippen LogP contribution in [0.15, 0.2) is 18.2 Å². The molecule has 98 valence electrons. The molecule has 0 aromatic heterocycles. The summed E-state index contributed by atoms with van der Waals surface area (Å²) in [6.07, 6.45) is 2.19. The highest BCUT2D eigenvalue weighted by Crippen LogP contribution is 2.34. The van der Waals surface area contributed by atoms with Crippen LogP contribution in [0.3, 0.4) is 0 Å². The number of hydrogen-bond donors (Lipinski definition) is 1. The Bertz CT molecular complexity index is 437. The van der Waals surface area contributed by atoms with Crippen LogP contribution in [-0.2, 0) is 0 Å². The minimum atomic E-state index is -0.914. The lowest BCUT2D eigenvalue weighted by Crippen LogP contribution is -2.29. The Kier molecular flexibility index (Phi) is 3.87. The van der Waals surface area contributed by atoms with Gasteiger partial charge in [-0.1, -0.05) is 6.07 Å². The predicted molar refractivity (Wildman–Crippen MR) is 69.4 cm³/mol. The smallest absolute Gasteiger partial charge is 0.335 e. The maximum absolute atomic E-state index is 10.9. The molecule has 18 heavy (non-hydrogen) atoms. The highest BCUT2D eigenvalue weighted by atomic mass is 16.5. The van der Waals surface area contributed by atoms with Gasteiger partial charge in [0.1, 0.15) is 5.75 Å². The predicted octanol–water partition coefficient (Wildman–Crippen LogP) is 2.20. The SMILES string of the molecule is COc1cc(C(=O)O)ccc1C1CCN(C)CC1. The third-order valence-electron chi connectivity index (χ3n) is 3.64. The molecule has 0 spiro atoms. The number of aromatic carboxylic acids is 1. The van der Waals surface area contributed by atoms with E-state index in [-0.39, 0.29) is 5.56 Å². The first kappa shape index (κ1) is 12.9. The standard InChI is InChI=1S/C14H19NO3/c1-15-7-5-10(6-8-15)12-4-3-11(14(16)17)9-13(12)18-2/h3-4,9-10H,5-8H2,1-2H3,(H,16,17). The molecule has 1 N–H and O–H groups in total. The van der Waals surface area contributed by atoms with Crippen molar-refractivity contribution in [3.05, 3.63) is 29.3 Å². The van der Waals surface area contributed by atoms with Crippen LogP contribution in [0.1, 0.15) is 34.7 Å². The fraction of sp³-hybridized carbons (Fsp3) is 0.500. The molecule has 0 aliphatic carbocycles. The van der Waals surface area contributed by atoms with Crippen molar-refractivity contribution in [1.29, 1.82) is 0 Å². The number of hydrogen-bond acceptors (Lipinski definition) is 3. The van der Waals surface area contributed by atoms with Gasteiger partial charge in [0.15, 0.2) is 0 Å². The lowest BCUT2D eigenvalue weighted by molar-refractivity contribution is 0.0696. The Hall–Kier alpha value is -1.55. The number of ether oxygens (including phenoxy) is 1. The average Bonchev–Trinajstić information content (AvgIpc) is 2.39. The fourth-order valence-electron chi connectivity index (χ4n) is 2.50. The Morgan fingerprint density at radius 1 is 1.39 bits per heavy atom. The summed E-state index contributed by atoms with van der Waals surface area (Å²) in [7, 11) is 3.72. The van der Waals surface area contributed by atoms with Gasteiger partial charge in [0, 0.05) is 0 Å². The number of carbonyl (C=O) groups is 1. The zero-order chi connectivity index (χ0) is 13.1. The summed E-state index contributed by atoms with van der Waals surface area (Å²) in [6, 6.07) is 5.19. The quantitative estimate of drug-likeness (QED) is 0.892. The number of piperidine rings is 1. The van der Waals surface area contributed by atoms with Crippen molar-refractivity contribution in [3.8, 4) is 5.75 Å². The first-order valence-electron chi connectivity index (χ1n) is 6.21. The summed E-state index contributed by atoms with van der Waals surface area (Å²) in [5.74, 6) is 0.256. The Morgan fingerprint density at radius 3 is 2.61 bits per heavy atom. The van der Waals surface area contributed by atoms with Gasteiger partial charge in [0.05, 0.1) is 12.7 Å². The van der Waals surface area contributed by atoms with E-state index in [0.717, 1.165) is 31.5 Å². The molecular weight excluding hydrogens is 230 g/mol. The molecule has 0 amide bonds. The summed E-state index contributed by atoms with van der Waals surface area (Å²) in [4.78, 5) is 13.3. The molecule has 1 saturated heterocycles. The first-order chi connectivity index (χ1) is 8.61. The molecule has 1 aromatic rings. The molecule has 1 heterocycles. The van der Waals surface area contributed by atoms with E-state index in [1.165, 1.54) is 0 Å². The van der Waals surface area contributed by atoms with Gasteiger partial charge in [-0.3, -0.25) is 0 Å². The van der Waals surface area contributed by atoms with Gasteiger partial charge in [0.25, 0.3) is 0 Å². The van der Waals surface area contributed by atoms with Gasteiger partial charge >= 0.3 is 5.97 Å². The Balaban J connectivity index is 2.24. The third-order valence-corrected chi connectivity index (χ3v) is 3.64. The number of methoxy groups -OCH3 is 1. The van der Waals surface area contributed by atoms with Crippen LogP contribution in [0.2, 0.25) is 0 Å². The fourth-order valence-corrected chi connectivity index (χ4v) is 2.50. The number of benzene rings is 1. The third kappa shape index (κ3) is 2.64. The second-order valence-electron chi connectivity index (χ2n) is 4.84. The summed E-state index contributed by atoms with van der Waals surface area (Å²) in [6.45, 7) is 2.16. The Labute approximate surface area is 107 Å². The summed E-state index contributed by atoms with van der Waals surface area (Å²) < 4.78 is 5.34. The van der Waals surface area contributed by atoms with Crippen LogP contribution in [0.5, 0.6) is 5.75 Å². The van der Waals surface area contributed by atoms with Gasteiger partial charge in [-0.25, -0.2) is 4.79 Å². The summed E-state index contributed by atoms with van der Waals surface area (Å²) in [5, 5.41) is 8.98. The van der Waals surface area contributed by atoms with Gasteiger partial charge in [0.2, 0.25) is 0 Å². The highest BCUT2D eigenvalue weighted by Gasteiger charge is 2.22. The van der Waals surface area contributed by atoms with E-state index >= 15 is 0 Å². The van der Waals surface area contributed by atoms with Crippen molar-refractivity contribution in [1.82, 2.24) is 4.90 Å². The van der Waals surface area contributed by atoms with Crippen molar-refractivity contribution in [2.45, 2.75) is 18.8 Å². The molecule has 0 atom stereocenters. The molecular formula is C14H19NO3. The zero-order valence-electron chi connectivity index (χ0n) is 10.8. The van der Waals surface area contributed by atoms with Crippen LogP contribution >= 0.6 is 0 Å². The monoisotopic (exact) mass is 249 g/mol. The molecule has 0 unspecified atom stereocenters. The van der Waals surface area contributed by atoms with Gasteiger partial charge in [-0.05, 0) is 56.6 Å². The maximum atomic E-state index is 10.9. The van der Waals surface area contributed by atoms with Gasteiger partial charge < -0.3 is 14.7 Å². The highest BCUT2D eigenvalue weighted by molar-refractivity contribution is 5.88. The van der Waals surface area contributed by atoms with Gasteiger partial charge in [-0.15, -0.1) is 0 Å². The second-order valence-corrected chi connectivity index (χ2v) is 4.84. The van der Waals surface area contributed by atoms with Crippen LogP contribution in [0.25, 0.3) is 0 Å². The van der Waals surface area contributed by atoms with E-state index in [1.54, 1.807) is 19.2 Å². The van der Waals surface area contributed by atoms with E-state index in [4.69, 9.17) is 9.84 Å². The van der Waals surface area contributed by atoms with E-state index in [1.807, 2.05) is 6.07 Å². The summed E-state index contributed by atoms with van der Waals surface area (Å²) >= 11 is 0. The van der Waals surface area contributed by atoms with Gasteiger partial charge in [-0.2, -0.15) is 0 Å². The van der Waals surface area contributed by atoms with Crippen LogP contribution in [-0.4, -0.2) is 43.2 Å². The normalized spacial score (nSPS) is 17.7. The van der Waals surface area contributed by atoms with E-state index < -0.39 is 5.97 Å². The number of carboxylic acid groups (broad SMARTS) is 1. The van der Waals surface area contributed by atoms with Crippen LogP contribution in [0.4, 0.5) is 0 Å². The molecule has 2 rings (SSSR count). The molecule has 1 aliphatic rings. The van der Waals surface area contributed by atoms with E-state index in [2.05, 4.69) is 11.9 Å². The van der Waals surface area contributed by atoms with E-state index in [9.17, 15) is 4.79 Å². The molecule has 4 heteroatoms. The van der Waals surface area contributed by atoms with Crippen molar-refractivity contribution >= 4 is 5.97 Å². The molecule has 1 aliphatic heterocycles. The topological polar surface area (TPSA) is 49.8 Å². The zero-order valence-corrected chi connectivity index (χ0v) is 10.8. The lowest BCUT2D eigenvalue weighted by atomic mass is 9.88. The number of likely N-dealkylation sites (tertiary alicyclic amines) is 1. The van der Waals surface area contributed by atoms with Crippen LogP contribution in [0, 0.1) is 0 Å². The molecule has 0 saturated carbocycles. The average molecular weight is 249 g/mol.